The third-order valence-corrected chi connectivity index (χ3v) is 5.72. The Labute approximate surface area is 172 Å². The molecular weight excluding hydrogens is 358 g/mol. The van der Waals surface area contributed by atoms with Crippen molar-refractivity contribution in [2.75, 3.05) is 13.1 Å². The number of carbonyl (C=O) groups is 1. The standard InChI is InChI=1S/C25H27N3O/c29-25(28-19-7-12-24(28)22-13-16-26-17-14-22)27-18-15-23(20-8-3-1-4-9-20)21-10-5-2-6-11-21/h1-6,8-11,13-14,16-17,23-24H,7,12,15,18-19H2,(H,27,29)/t24-/m0/s1. The first-order chi connectivity index (χ1) is 14.3. The first-order valence-electron chi connectivity index (χ1n) is 10.4. The van der Waals surface area contributed by atoms with E-state index in [1.54, 1.807) is 12.4 Å². The number of aromatic nitrogens is 1. The lowest BCUT2D eigenvalue weighted by molar-refractivity contribution is 0.193. The third-order valence-electron chi connectivity index (χ3n) is 5.72. The predicted octanol–water partition coefficient (Wildman–Crippen LogP) is 5.15. The minimum Gasteiger partial charge on any atom is -0.338 e. The molecule has 0 radical (unpaired) electrons. The number of nitrogens with zero attached hydrogens (tertiary/aromatic N) is 2. The van der Waals surface area contributed by atoms with Gasteiger partial charge in [0.2, 0.25) is 0 Å². The van der Waals surface area contributed by atoms with Crippen LogP contribution in [0.5, 0.6) is 0 Å². The first kappa shape index (κ1) is 19.2. The van der Waals surface area contributed by atoms with E-state index in [1.165, 1.54) is 16.7 Å². The van der Waals surface area contributed by atoms with Gasteiger partial charge in [0.1, 0.15) is 0 Å². The maximum Gasteiger partial charge on any atom is 0.317 e. The van der Waals surface area contributed by atoms with E-state index in [-0.39, 0.29) is 18.0 Å². The molecule has 1 fully saturated rings. The van der Waals surface area contributed by atoms with Crippen LogP contribution in [0.4, 0.5) is 4.79 Å². The minimum atomic E-state index is 0.0317. The van der Waals surface area contributed by atoms with E-state index >= 15 is 0 Å². The van der Waals surface area contributed by atoms with Crippen molar-refractivity contribution in [1.29, 1.82) is 0 Å². The molecule has 0 bridgehead atoms. The highest BCUT2D eigenvalue weighted by Gasteiger charge is 2.29. The summed E-state index contributed by atoms with van der Waals surface area (Å²) in [5, 5.41) is 3.17. The van der Waals surface area contributed by atoms with E-state index in [9.17, 15) is 4.79 Å². The van der Waals surface area contributed by atoms with Crippen molar-refractivity contribution in [3.63, 3.8) is 0 Å². The summed E-state index contributed by atoms with van der Waals surface area (Å²) in [5.41, 5.74) is 3.73. The molecule has 2 heterocycles. The van der Waals surface area contributed by atoms with E-state index in [0.717, 1.165) is 25.8 Å². The number of hydrogen-bond donors (Lipinski definition) is 1. The number of hydrogen-bond acceptors (Lipinski definition) is 2. The van der Waals surface area contributed by atoms with Gasteiger partial charge in [0.05, 0.1) is 6.04 Å². The summed E-state index contributed by atoms with van der Waals surface area (Å²) < 4.78 is 0. The molecule has 2 aromatic carbocycles. The number of rotatable bonds is 6. The van der Waals surface area contributed by atoms with Crippen LogP contribution in [0, 0.1) is 0 Å². The number of carbonyl (C=O) groups excluding carboxylic acids is 1. The fourth-order valence-electron chi connectivity index (χ4n) is 4.26. The Hall–Kier alpha value is -3.14. The molecule has 4 nitrogen and oxygen atoms in total. The summed E-state index contributed by atoms with van der Waals surface area (Å²) in [6, 6.07) is 25.3. The molecule has 1 saturated heterocycles. The highest BCUT2D eigenvalue weighted by atomic mass is 16.2. The zero-order valence-electron chi connectivity index (χ0n) is 16.6. The maximum absolute atomic E-state index is 12.9. The van der Waals surface area contributed by atoms with Crippen LogP contribution in [-0.4, -0.2) is 29.0 Å². The van der Waals surface area contributed by atoms with E-state index in [0.29, 0.717) is 6.54 Å². The lowest BCUT2D eigenvalue weighted by Crippen LogP contribution is -2.40. The van der Waals surface area contributed by atoms with E-state index in [1.807, 2.05) is 29.2 Å². The molecule has 3 aromatic rings. The van der Waals surface area contributed by atoms with Crippen molar-refractivity contribution in [3.05, 3.63) is 102 Å². The zero-order valence-corrected chi connectivity index (χ0v) is 16.6. The average molecular weight is 386 g/mol. The molecule has 29 heavy (non-hydrogen) atoms. The van der Waals surface area contributed by atoms with Crippen molar-refractivity contribution < 1.29 is 4.79 Å². The predicted molar refractivity (Wildman–Crippen MR) is 116 cm³/mol. The smallest absolute Gasteiger partial charge is 0.317 e. The van der Waals surface area contributed by atoms with Crippen LogP contribution in [0.2, 0.25) is 0 Å². The van der Waals surface area contributed by atoms with Crippen LogP contribution in [-0.2, 0) is 0 Å². The molecule has 1 atom stereocenters. The van der Waals surface area contributed by atoms with Crippen LogP contribution in [0.15, 0.2) is 85.2 Å². The largest absolute Gasteiger partial charge is 0.338 e. The molecule has 1 N–H and O–H groups in total. The Bertz CT molecular complexity index is 860. The van der Waals surface area contributed by atoms with E-state index in [2.05, 4.69) is 58.8 Å². The lowest BCUT2D eigenvalue weighted by Gasteiger charge is -2.26. The van der Waals surface area contributed by atoms with Gasteiger partial charge in [0.15, 0.2) is 0 Å². The Balaban J connectivity index is 1.40. The van der Waals surface area contributed by atoms with Crippen LogP contribution in [0.25, 0.3) is 0 Å². The van der Waals surface area contributed by atoms with Crippen molar-refractivity contribution in [2.24, 2.45) is 0 Å². The number of likely N-dealkylation sites (tertiary alicyclic amines) is 1. The molecule has 1 aromatic heterocycles. The van der Waals surface area contributed by atoms with Crippen molar-refractivity contribution in [3.8, 4) is 0 Å². The third kappa shape index (κ3) is 4.65. The number of pyridine rings is 1. The molecule has 2 amide bonds. The second kappa shape index (κ2) is 9.37. The lowest BCUT2D eigenvalue weighted by atomic mass is 9.88. The van der Waals surface area contributed by atoms with Gasteiger partial charge in [-0.25, -0.2) is 4.79 Å². The fourth-order valence-corrected chi connectivity index (χ4v) is 4.26. The van der Waals surface area contributed by atoms with Gasteiger partial charge < -0.3 is 10.2 Å². The summed E-state index contributed by atoms with van der Waals surface area (Å²) in [6.45, 7) is 1.45. The SMILES string of the molecule is O=C(NCCC(c1ccccc1)c1ccccc1)N1CCC[C@H]1c1ccncc1. The zero-order chi connectivity index (χ0) is 19.9. The van der Waals surface area contributed by atoms with E-state index in [4.69, 9.17) is 0 Å². The summed E-state index contributed by atoms with van der Waals surface area (Å²) in [7, 11) is 0. The number of benzene rings is 2. The minimum absolute atomic E-state index is 0.0317. The Morgan fingerprint density at radius 1 is 0.966 bits per heavy atom. The Morgan fingerprint density at radius 3 is 2.21 bits per heavy atom. The Morgan fingerprint density at radius 2 is 1.59 bits per heavy atom. The summed E-state index contributed by atoms with van der Waals surface area (Å²) >= 11 is 0. The van der Waals surface area contributed by atoms with Crippen LogP contribution < -0.4 is 5.32 Å². The monoisotopic (exact) mass is 385 g/mol. The van der Waals surface area contributed by atoms with Gasteiger partial charge in [-0.05, 0) is 48.1 Å². The van der Waals surface area contributed by atoms with E-state index < -0.39 is 0 Å². The number of amides is 2. The molecule has 0 unspecified atom stereocenters. The average Bonchev–Trinajstić information content (AvgIpc) is 3.29. The molecule has 148 valence electrons. The second-order valence-corrected chi connectivity index (χ2v) is 7.53. The molecule has 4 heteroatoms. The van der Waals surface area contributed by atoms with Crippen molar-refractivity contribution in [2.45, 2.75) is 31.2 Å². The first-order valence-corrected chi connectivity index (χ1v) is 10.4. The van der Waals surface area contributed by atoms with Crippen molar-refractivity contribution >= 4 is 6.03 Å². The summed E-state index contributed by atoms with van der Waals surface area (Å²) in [4.78, 5) is 18.9. The topological polar surface area (TPSA) is 45.2 Å². The Kier molecular flexibility index (Phi) is 6.20. The van der Waals surface area contributed by atoms with Gasteiger partial charge in [0, 0.05) is 31.4 Å². The summed E-state index contributed by atoms with van der Waals surface area (Å²) in [5.74, 6) is 0.271. The molecule has 0 aliphatic carbocycles. The maximum atomic E-state index is 12.9. The van der Waals surface area contributed by atoms with Gasteiger partial charge in [-0.3, -0.25) is 4.98 Å². The quantitative estimate of drug-likeness (QED) is 0.638. The second-order valence-electron chi connectivity index (χ2n) is 7.53. The molecule has 0 spiro atoms. The molecule has 1 aliphatic heterocycles. The van der Waals surface area contributed by atoms with Gasteiger partial charge in [0.25, 0.3) is 0 Å². The number of urea groups is 1. The molecule has 4 rings (SSSR count). The van der Waals surface area contributed by atoms with Crippen LogP contribution in [0.1, 0.15) is 47.9 Å². The fraction of sp³-hybridized carbons (Fsp3) is 0.280. The highest BCUT2D eigenvalue weighted by molar-refractivity contribution is 5.75. The molecular formula is C25H27N3O. The van der Waals surface area contributed by atoms with Gasteiger partial charge >= 0.3 is 6.03 Å². The van der Waals surface area contributed by atoms with Crippen molar-refractivity contribution in [1.82, 2.24) is 15.2 Å². The van der Waals surface area contributed by atoms with Crippen LogP contribution >= 0.6 is 0 Å². The highest BCUT2D eigenvalue weighted by Crippen LogP contribution is 2.32. The molecule has 0 saturated carbocycles. The van der Waals surface area contributed by atoms with Gasteiger partial charge in [-0.15, -0.1) is 0 Å². The number of nitrogens with one attached hydrogen (secondary N) is 1. The van der Waals surface area contributed by atoms with Gasteiger partial charge in [-0.1, -0.05) is 60.7 Å². The van der Waals surface area contributed by atoms with Gasteiger partial charge in [-0.2, -0.15) is 0 Å². The van der Waals surface area contributed by atoms with Crippen LogP contribution in [0.3, 0.4) is 0 Å². The molecule has 1 aliphatic rings. The summed E-state index contributed by atoms with van der Waals surface area (Å²) in [6.07, 6.45) is 6.51. The normalized spacial score (nSPS) is 16.2.